The molecular weight excluding hydrogens is 454 g/mol. The fourth-order valence-electron chi connectivity index (χ4n) is 3.60. The SMILES string of the molecule is CCCCCCCCOc1ccc(C(=O)Oc2ccc(C=Nc3ccccc3OCC)c(O)c2)cc1. The van der Waals surface area contributed by atoms with Crippen LogP contribution in [-0.4, -0.2) is 30.5 Å². The number of phenolic OH excluding ortho intramolecular Hbond substituents is 1. The summed E-state index contributed by atoms with van der Waals surface area (Å²) in [5, 5.41) is 10.4. The second-order valence-electron chi connectivity index (χ2n) is 8.41. The molecule has 0 aliphatic carbocycles. The van der Waals surface area contributed by atoms with E-state index >= 15 is 0 Å². The molecule has 0 saturated carbocycles. The van der Waals surface area contributed by atoms with Crippen molar-refractivity contribution in [3.8, 4) is 23.0 Å². The Kier molecular flexibility index (Phi) is 10.8. The lowest BCUT2D eigenvalue weighted by Gasteiger charge is -2.09. The number of benzene rings is 3. The molecule has 3 aromatic rings. The van der Waals surface area contributed by atoms with Crippen LogP contribution >= 0.6 is 0 Å². The number of rotatable bonds is 14. The summed E-state index contributed by atoms with van der Waals surface area (Å²) in [5.74, 6) is 1.08. The molecule has 6 heteroatoms. The van der Waals surface area contributed by atoms with Crippen LogP contribution in [0.4, 0.5) is 5.69 Å². The number of hydrogen-bond donors (Lipinski definition) is 1. The van der Waals surface area contributed by atoms with Crippen LogP contribution in [0, 0.1) is 0 Å². The number of aliphatic imine (C=N–C) groups is 1. The van der Waals surface area contributed by atoms with Crippen molar-refractivity contribution in [2.45, 2.75) is 52.4 Å². The predicted octanol–water partition coefficient (Wildman–Crippen LogP) is 7.50. The zero-order valence-corrected chi connectivity index (χ0v) is 21.1. The van der Waals surface area contributed by atoms with E-state index in [9.17, 15) is 9.90 Å². The maximum absolute atomic E-state index is 12.5. The number of hydrogen-bond acceptors (Lipinski definition) is 6. The molecule has 6 nitrogen and oxygen atoms in total. The number of ether oxygens (including phenoxy) is 3. The highest BCUT2D eigenvalue weighted by Gasteiger charge is 2.11. The van der Waals surface area contributed by atoms with Crippen LogP contribution in [0.15, 0.2) is 71.7 Å². The Hall–Kier alpha value is -3.80. The van der Waals surface area contributed by atoms with Gasteiger partial charge in [0.15, 0.2) is 0 Å². The summed E-state index contributed by atoms with van der Waals surface area (Å²) in [6.45, 7) is 5.32. The van der Waals surface area contributed by atoms with Gasteiger partial charge in [-0.3, -0.25) is 4.99 Å². The van der Waals surface area contributed by atoms with Crippen LogP contribution in [0.2, 0.25) is 0 Å². The second kappa shape index (κ2) is 14.6. The molecule has 0 spiro atoms. The molecule has 0 heterocycles. The van der Waals surface area contributed by atoms with E-state index in [4.69, 9.17) is 14.2 Å². The summed E-state index contributed by atoms with van der Waals surface area (Å²) < 4.78 is 16.8. The zero-order chi connectivity index (χ0) is 25.6. The quantitative estimate of drug-likeness (QED) is 0.110. The Labute approximate surface area is 213 Å². The molecule has 0 atom stereocenters. The van der Waals surface area contributed by atoms with Crippen molar-refractivity contribution in [2.75, 3.05) is 13.2 Å². The maximum atomic E-state index is 12.5. The summed E-state index contributed by atoms with van der Waals surface area (Å²) in [5.41, 5.74) is 1.56. The van der Waals surface area contributed by atoms with Crippen molar-refractivity contribution in [1.82, 2.24) is 0 Å². The standard InChI is InChI=1S/C30H35NO5/c1-3-5-6-7-8-11-20-35-25-17-14-23(15-18-25)30(33)36-26-19-16-24(28(32)21-26)22-31-27-12-9-10-13-29(27)34-4-2/h9-10,12-19,21-22,32H,3-8,11,20H2,1-2H3. The van der Waals surface area contributed by atoms with Crippen LogP contribution in [0.3, 0.4) is 0 Å². The van der Waals surface area contributed by atoms with Crippen molar-refractivity contribution in [3.05, 3.63) is 77.9 Å². The zero-order valence-electron chi connectivity index (χ0n) is 21.1. The maximum Gasteiger partial charge on any atom is 0.343 e. The van der Waals surface area contributed by atoms with E-state index in [2.05, 4.69) is 11.9 Å². The van der Waals surface area contributed by atoms with E-state index in [0.717, 1.165) is 12.2 Å². The van der Waals surface area contributed by atoms with Gasteiger partial charge in [0.1, 0.15) is 28.7 Å². The lowest BCUT2D eigenvalue weighted by molar-refractivity contribution is 0.0734. The molecule has 190 valence electrons. The lowest BCUT2D eigenvalue weighted by atomic mass is 10.1. The summed E-state index contributed by atoms with van der Waals surface area (Å²) in [6.07, 6.45) is 8.80. The molecule has 0 bridgehead atoms. The first-order valence-corrected chi connectivity index (χ1v) is 12.6. The molecule has 3 rings (SSSR count). The minimum Gasteiger partial charge on any atom is -0.507 e. The van der Waals surface area contributed by atoms with Crippen molar-refractivity contribution in [3.63, 3.8) is 0 Å². The predicted molar refractivity (Wildman–Crippen MR) is 143 cm³/mol. The van der Waals surface area contributed by atoms with E-state index in [1.54, 1.807) is 42.6 Å². The third-order valence-corrected chi connectivity index (χ3v) is 5.58. The molecule has 0 aliphatic heterocycles. The monoisotopic (exact) mass is 489 g/mol. The smallest absolute Gasteiger partial charge is 0.343 e. The number of esters is 1. The highest BCUT2D eigenvalue weighted by molar-refractivity contribution is 5.91. The molecule has 0 aromatic heterocycles. The number of unbranched alkanes of at least 4 members (excludes halogenated alkanes) is 5. The first-order valence-electron chi connectivity index (χ1n) is 12.6. The van der Waals surface area contributed by atoms with Gasteiger partial charge in [-0.2, -0.15) is 0 Å². The summed E-state index contributed by atoms with van der Waals surface area (Å²) in [7, 11) is 0. The number of phenols is 1. The highest BCUT2D eigenvalue weighted by Crippen LogP contribution is 2.28. The lowest BCUT2D eigenvalue weighted by Crippen LogP contribution is -2.08. The van der Waals surface area contributed by atoms with E-state index in [1.165, 1.54) is 38.2 Å². The van der Waals surface area contributed by atoms with Gasteiger partial charge in [-0.1, -0.05) is 51.2 Å². The largest absolute Gasteiger partial charge is 0.507 e. The van der Waals surface area contributed by atoms with Gasteiger partial charge in [-0.15, -0.1) is 0 Å². The number of nitrogens with zero attached hydrogens (tertiary/aromatic N) is 1. The first kappa shape index (κ1) is 26.8. The molecule has 0 fully saturated rings. The van der Waals surface area contributed by atoms with E-state index < -0.39 is 5.97 Å². The van der Waals surface area contributed by atoms with Gasteiger partial charge in [0, 0.05) is 17.8 Å². The van der Waals surface area contributed by atoms with Gasteiger partial charge in [-0.05, 0) is 61.9 Å². The van der Waals surface area contributed by atoms with Crippen molar-refractivity contribution in [1.29, 1.82) is 0 Å². The van der Waals surface area contributed by atoms with Crippen molar-refractivity contribution in [2.24, 2.45) is 4.99 Å². The molecule has 0 saturated heterocycles. The Bertz CT molecular complexity index is 1120. The third kappa shape index (κ3) is 8.45. The molecule has 36 heavy (non-hydrogen) atoms. The molecule has 1 N–H and O–H groups in total. The molecular formula is C30H35NO5. The minimum atomic E-state index is -0.510. The van der Waals surface area contributed by atoms with Gasteiger partial charge in [0.2, 0.25) is 0 Å². The number of aromatic hydroxyl groups is 1. The number of para-hydroxylation sites is 2. The second-order valence-corrected chi connectivity index (χ2v) is 8.41. The fourth-order valence-corrected chi connectivity index (χ4v) is 3.60. The van der Waals surface area contributed by atoms with Gasteiger partial charge in [-0.25, -0.2) is 4.79 Å². The fraction of sp³-hybridized carbons (Fsp3) is 0.333. The first-order chi connectivity index (χ1) is 17.6. The van der Waals surface area contributed by atoms with Crippen molar-refractivity contribution >= 4 is 17.9 Å². The normalized spacial score (nSPS) is 10.9. The molecule has 0 unspecified atom stereocenters. The van der Waals surface area contributed by atoms with Gasteiger partial charge in [0.25, 0.3) is 0 Å². The Morgan fingerprint density at radius 3 is 2.33 bits per heavy atom. The average Bonchev–Trinajstić information content (AvgIpc) is 2.89. The van der Waals surface area contributed by atoms with Crippen molar-refractivity contribution < 1.29 is 24.1 Å². The number of carbonyl (C=O) groups is 1. The van der Waals surface area contributed by atoms with Crippen LogP contribution in [-0.2, 0) is 0 Å². The van der Waals surface area contributed by atoms with E-state index in [-0.39, 0.29) is 11.5 Å². The van der Waals surface area contributed by atoms with Crippen LogP contribution in [0.25, 0.3) is 0 Å². The minimum absolute atomic E-state index is 0.0450. The Morgan fingerprint density at radius 2 is 1.58 bits per heavy atom. The van der Waals surface area contributed by atoms with E-state index in [1.807, 2.05) is 31.2 Å². The van der Waals surface area contributed by atoms with Gasteiger partial charge < -0.3 is 19.3 Å². The van der Waals surface area contributed by atoms with Crippen LogP contribution < -0.4 is 14.2 Å². The van der Waals surface area contributed by atoms with Gasteiger partial charge in [0.05, 0.1) is 18.8 Å². The molecule has 0 amide bonds. The number of carbonyl (C=O) groups excluding carboxylic acids is 1. The van der Waals surface area contributed by atoms with E-state index in [0.29, 0.717) is 35.8 Å². The topological polar surface area (TPSA) is 77.4 Å². The Balaban J connectivity index is 1.52. The summed E-state index contributed by atoms with van der Waals surface area (Å²) in [4.78, 5) is 16.9. The summed E-state index contributed by atoms with van der Waals surface area (Å²) >= 11 is 0. The third-order valence-electron chi connectivity index (χ3n) is 5.58. The molecule has 0 aliphatic rings. The molecule has 0 radical (unpaired) electrons. The van der Waals surface area contributed by atoms with Crippen LogP contribution in [0.1, 0.15) is 68.3 Å². The summed E-state index contributed by atoms with van der Waals surface area (Å²) in [6, 6.07) is 19.0. The average molecular weight is 490 g/mol. The van der Waals surface area contributed by atoms with Crippen LogP contribution in [0.5, 0.6) is 23.0 Å². The molecule has 3 aromatic carbocycles. The Morgan fingerprint density at radius 1 is 0.861 bits per heavy atom. The van der Waals surface area contributed by atoms with Gasteiger partial charge >= 0.3 is 5.97 Å². The highest BCUT2D eigenvalue weighted by atomic mass is 16.5.